The Balaban J connectivity index is 0.906. The molecule has 0 aliphatic heterocycles. The van der Waals surface area contributed by atoms with Crippen molar-refractivity contribution in [1.82, 2.24) is 0 Å². The summed E-state index contributed by atoms with van der Waals surface area (Å²) in [6.07, 6.45) is 0. The van der Waals surface area contributed by atoms with Crippen molar-refractivity contribution in [1.29, 1.82) is 0 Å². The first-order chi connectivity index (χ1) is 37.1. The molecular weight excluding hydrogens is 917 g/mol. The molecule has 12 aromatic carbocycles. The standard InChI is InChI=1S/C74H60N2/c1-49-23-33-63(34-24-49)75(65-37-27-57(28-38-65)55-15-9-7-10-16-55)67-21-13-19-59(45-67)61-31-41-69-71(47-61)51(3)43-53(5)73(69)74-54(6)44-52(4)72-48-62(32-42-70(72)74)60-20-14-22-68(46-60)76(64-35-25-50(2)26-36-64)66-39-29-58(30-40-66)56-17-11-8-12-18-56/h7-48H,1-6H3. The van der Waals surface area contributed by atoms with Crippen molar-refractivity contribution in [3.8, 4) is 55.6 Å². The third-order valence-electron chi connectivity index (χ3n) is 15.3. The molecule has 12 rings (SSSR count). The van der Waals surface area contributed by atoms with Crippen LogP contribution in [0.4, 0.5) is 34.1 Å². The Morgan fingerprint density at radius 3 is 0.868 bits per heavy atom. The Labute approximate surface area is 448 Å². The molecule has 0 aliphatic rings. The fourth-order valence-corrected chi connectivity index (χ4v) is 11.4. The smallest absolute Gasteiger partial charge is 0.0467 e. The minimum atomic E-state index is 1.11. The molecule has 2 heteroatoms. The molecule has 0 bridgehead atoms. The van der Waals surface area contributed by atoms with Crippen LogP contribution >= 0.6 is 0 Å². The van der Waals surface area contributed by atoms with Gasteiger partial charge in [-0.15, -0.1) is 0 Å². The Morgan fingerprint density at radius 1 is 0.197 bits per heavy atom. The van der Waals surface area contributed by atoms with Crippen LogP contribution in [-0.4, -0.2) is 0 Å². The van der Waals surface area contributed by atoms with Gasteiger partial charge in [0.25, 0.3) is 0 Å². The second kappa shape index (κ2) is 20.2. The van der Waals surface area contributed by atoms with Crippen LogP contribution in [0.15, 0.2) is 255 Å². The van der Waals surface area contributed by atoms with Crippen molar-refractivity contribution in [3.05, 3.63) is 288 Å². The van der Waals surface area contributed by atoms with Gasteiger partial charge in [-0.05, 0) is 226 Å². The van der Waals surface area contributed by atoms with E-state index in [1.807, 2.05) is 0 Å². The Kier molecular flexibility index (Phi) is 12.7. The van der Waals surface area contributed by atoms with Gasteiger partial charge in [-0.1, -0.05) is 181 Å². The van der Waals surface area contributed by atoms with Gasteiger partial charge in [0, 0.05) is 34.1 Å². The van der Waals surface area contributed by atoms with Crippen molar-refractivity contribution in [3.63, 3.8) is 0 Å². The Morgan fingerprint density at radius 2 is 0.500 bits per heavy atom. The third kappa shape index (κ3) is 9.24. The molecule has 0 saturated heterocycles. The summed E-state index contributed by atoms with van der Waals surface area (Å²) in [7, 11) is 0. The van der Waals surface area contributed by atoms with Crippen LogP contribution in [0.5, 0.6) is 0 Å². The lowest BCUT2D eigenvalue weighted by Gasteiger charge is -2.26. The molecule has 366 valence electrons. The van der Waals surface area contributed by atoms with Gasteiger partial charge < -0.3 is 9.80 Å². The predicted octanol–water partition coefficient (Wildman–Crippen LogP) is 21.1. The molecule has 12 aromatic rings. The van der Waals surface area contributed by atoms with Crippen LogP contribution in [0.1, 0.15) is 33.4 Å². The van der Waals surface area contributed by atoms with Gasteiger partial charge in [0.2, 0.25) is 0 Å². The monoisotopic (exact) mass is 976 g/mol. The number of hydrogen-bond acceptors (Lipinski definition) is 2. The quantitative estimate of drug-likeness (QED) is 0.127. The number of anilines is 6. The molecule has 0 saturated carbocycles. The van der Waals surface area contributed by atoms with E-state index in [1.54, 1.807) is 0 Å². The molecule has 0 fully saturated rings. The minimum Gasteiger partial charge on any atom is -0.310 e. The van der Waals surface area contributed by atoms with Crippen molar-refractivity contribution in [2.24, 2.45) is 0 Å². The summed E-state index contributed by atoms with van der Waals surface area (Å²) in [6.45, 7) is 13.4. The zero-order valence-corrected chi connectivity index (χ0v) is 44.1. The highest BCUT2D eigenvalue weighted by Crippen LogP contribution is 2.45. The Bertz CT molecular complexity index is 3790. The molecule has 76 heavy (non-hydrogen) atoms. The first kappa shape index (κ1) is 47.7. The summed E-state index contributed by atoms with van der Waals surface area (Å²) < 4.78 is 0. The normalized spacial score (nSPS) is 11.3. The maximum atomic E-state index is 2.41. The van der Waals surface area contributed by atoms with E-state index in [0.29, 0.717) is 0 Å². The highest BCUT2D eigenvalue weighted by molar-refractivity contribution is 6.10. The van der Waals surface area contributed by atoms with Gasteiger partial charge >= 0.3 is 0 Å². The fourth-order valence-electron chi connectivity index (χ4n) is 11.4. The van der Waals surface area contributed by atoms with E-state index < -0.39 is 0 Å². The Hall–Kier alpha value is -9.24. The first-order valence-electron chi connectivity index (χ1n) is 26.5. The first-order valence-corrected chi connectivity index (χ1v) is 26.5. The second-order valence-corrected chi connectivity index (χ2v) is 20.6. The van der Waals surface area contributed by atoms with Gasteiger partial charge in [-0.2, -0.15) is 0 Å². The summed E-state index contributed by atoms with van der Waals surface area (Å²) in [5, 5.41) is 5.08. The molecule has 0 aliphatic carbocycles. The molecule has 0 N–H and O–H groups in total. The predicted molar refractivity (Wildman–Crippen MR) is 326 cm³/mol. The average molecular weight is 977 g/mol. The van der Waals surface area contributed by atoms with Crippen LogP contribution in [0.25, 0.3) is 77.2 Å². The largest absolute Gasteiger partial charge is 0.310 e. The van der Waals surface area contributed by atoms with Gasteiger partial charge in [0.1, 0.15) is 0 Å². The lowest BCUT2D eigenvalue weighted by atomic mass is 9.84. The van der Waals surface area contributed by atoms with E-state index in [0.717, 1.165) is 34.1 Å². The number of aryl methyl sites for hydroxylation is 6. The molecule has 0 radical (unpaired) electrons. The summed E-state index contributed by atoms with van der Waals surface area (Å²) in [5.41, 5.74) is 26.4. The topological polar surface area (TPSA) is 6.48 Å². The van der Waals surface area contributed by atoms with E-state index in [-0.39, 0.29) is 0 Å². The highest BCUT2D eigenvalue weighted by Gasteiger charge is 2.20. The van der Waals surface area contributed by atoms with Crippen LogP contribution in [0.2, 0.25) is 0 Å². The van der Waals surface area contributed by atoms with Crippen molar-refractivity contribution in [2.75, 3.05) is 9.80 Å². The lowest BCUT2D eigenvalue weighted by Crippen LogP contribution is -2.10. The molecule has 0 atom stereocenters. The third-order valence-corrected chi connectivity index (χ3v) is 15.3. The molecule has 0 amide bonds. The maximum Gasteiger partial charge on any atom is 0.0467 e. The summed E-state index contributed by atoms with van der Waals surface area (Å²) in [6, 6.07) is 93.7. The molecule has 0 heterocycles. The molecule has 0 spiro atoms. The summed E-state index contributed by atoms with van der Waals surface area (Å²) >= 11 is 0. The number of fused-ring (bicyclic) bond motifs is 2. The fraction of sp³-hybridized carbons (Fsp3) is 0.0811. The van der Waals surface area contributed by atoms with Crippen LogP contribution < -0.4 is 9.80 Å². The molecular formula is C74H60N2. The van der Waals surface area contributed by atoms with Crippen molar-refractivity contribution >= 4 is 55.7 Å². The van der Waals surface area contributed by atoms with Crippen LogP contribution in [0, 0.1) is 41.5 Å². The van der Waals surface area contributed by atoms with Gasteiger partial charge in [0.05, 0.1) is 0 Å². The van der Waals surface area contributed by atoms with E-state index >= 15 is 0 Å². The highest BCUT2D eigenvalue weighted by atomic mass is 15.1. The van der Waals surface area contributed by atoms with Crippen molar-refractivity contribution < 1.29 is 0 Å². The number of rotatable bonds is 11. The number of benzene rings is 12. The minimum absolute atomic E-state index is 1.11. The van der Waals surface area contributed by atoms with Gasteiger partial charge in [0.15, 0.2) is 0 Å². The zero-order valence-electron chi connectivity index (χ0n) is 44.1. The maximum absolute atomic E-state index is 2.41. The second-order valence-electron chi connectivity index (χ2n) is 20.6. The van der Waals surface area contributed by atoms with E-state index in [9.17, 15) is 0 Å². The van der Waals surface area contributed by atoms with E-state index in [4.69, 9.17) is 0 Å². The molecule has 0 unspecified atom stereocenters. The summed E-state index contributed by atoms with van der Waals surface area (Å²) in [5.74, 6) is 0. The van der Waals surface area contributed by atoms with Gasteiger partial charge in [-0.25, -0.2) is 0 Å². The van der Waals surface area contributed by atoms with Gasteiger partial charge in [-0.3, -0.25) is 0 Å². The molecule has 2 nitrogen and oxygen atoms in total. The SMILES string of the molecule is Cc1ccc(N(c2ccc(-c3ccccc3)cc2)c2cccc(-c3ccc4c(-c5c(C)cc(C)c6cc(-c7cccc(N(c8ccc(C)cc8)c8ccc(-c9ccccc9)cc8)c7)ccc56)c(C)cc(C)c4c3)c2)cc1. The summed E-state index contributed by atoms with van der Waals surface area (Å²) in [4.78, 5) is 4.73. The lowest BCUT2D eigenvalue weighted by molar-refractivity contribution is 1.27. The van der Waals surface area contributed by atoms with Crippen LogP contribution in [-0.2, 0) is 0 Å². The zero-order chi connectivity index (χ0) is 51.9. The van der Waals surface area contributed by atoms with Crippen molar-refractivity contribution in [2.45, 2.75) is 41.5 Å². The number of hydrogen-bond donors (Lipinski definition) is 0. The average Bonchev–Trinajstić information content (AvgIpc) is 3.47. The van der Waals surface area contributed by atoms with E-state index in [2.05, 4.69) is 306 Å². The molecule has 0 aromatic heterocycles. The number of nitrogens with zero attached hydrogens (tertiary/aromatic N) is 2. The van der Waals surface area contributed by atoms with Crippen LogP contribution in [0.3, 0.4) is 0 Å². The van der Waals surface area contributed by atoms with E-state index in [1.165, 1.54) is 111 Å².